The molecule has 0 radical (unpaired) electrons. The van der Waals surface area contributed by atoms with Crippen LogP contribution in [-0.2, 0) is 0 Å². The van der Waals surface area contributed by atoms with Crippen LogP contribution in [0.25, 0.3) is 33.9 Å². The maximum atomic E-state index is 5.29. The first kappa shape index (κ1) is 17.9. The van der Waals surface area contributed by atoms with Gasteiger partial charge in [0.1, 0.15) is 17.3 Å². The number of rotatable bonds is 5. The van der Waals surface area contributed by atoms with E-state index in [1.165, 1.54) is 5.56 Å². The summed E-state index contributed by atoms with van der Waals surface area (Å²) in [4.78, 5) is 8.44. The van der Waals surface area contributed by atoms with Crippen molar-refractivity contribution in [2.75, 3.05) is 14.2 Å². The van der Waals surface area contributed by atoms with Gasteiger partial charge in [0.15, 0.2) is 0 Å². The molecule has 1 aromatic heterocycles. The third-order valence-corrected chi connectivity index (χ3v) is 4.77. The molecule has 0 atom stereocenters. The molecule has 3 aromatic carbocycles. The molecule has 0 saturated carbocycles. The van der Waals surface area contributed by atoms with Gasteiger partial charge in [0.05, 0.1) is 25.6 Å². The van der Waals surface area contributed by atoms with Crippen molar-refractivity contribution in [2.24, 2.45) is 0 Å². The minimum absolute atomic E-state index is 0.823. The predicted octanol–water partition coefficient (Wildman–Crippen LogP) is 5.74. The van der Waals surface area contributed by atoms with Gasteiger partial charge in [-0.3, -0.25) is 0 Å². The molecule has 1 heterocycles. The van der Waals surface area contributed by atoms with Crippen molar-refractivity contribution in [3.8, 4) is 45.4 Å². The fourth-order valence-corrected chi connectivity index (χ4v) is 3.15. The number of hydrogen-bond acceptors (Lipinski definition) is 3. The third-order valence-electron chi connectivity index (χ3n) is 4.77. The maximum Gasteiger partial charge on any atom is 0.138 e. The van der Waals surface area contributed by atoms with E-state index in [1.54, 1.807) is 14.2 Å². The molecule has 0 unspecified atom stereocenters. The van der Waals surface area contributed by atoms with Gasteiger partial charge in [0.2, 0.25) is 0 Å². The Labute approximate surface area is 164 Å². The zero-order chi connectivity index (χ0) is 19.5. The standard InChI is InChI=1S/C24H22N2O2/c1-16-4-6-19(7-5-16)24-25-22(17-8-12-20(27-2)13-9-17)23(26-24)18-10-14-21(28-3)15-11-18/h4-15H,1-3H3,(H,25,26). The molecule has 0 amide bonds. The van der Waals surface area contributed by atoms with Crippen molar-refractivity contribution in [2.45, 2.75) is 6.92 Å². The Morgan fingerprint density at radius 3 is 1.68 bits per heavy atom. The van der Waals surface area contributed by atoms with Crippen molar-refractivity contribution in [3.05, 3.63) is 78.4 Å². The first-order valence-electron chi connectivity index (χ1n) is 9.14. The van der Waals surface area contributed by atoms with E-state index in [0.717, 1.165) is 45.4 Å². The summed E-state index contributed by atoms with van der Waals surface area (Å²) in [5.74, 6) is 2.49. The quantitative estimate of drug-likeness (QED) is 0.487. The Bertz CT molecular complexity index is 998. The molecule has 4 nitrogen and oxygen atoms in total. The van der Waals surface area contributed by atoms with Crippen LogP contribution >= 0.6 is 0 Å². The number of benzene rings is 3. The van der Waals surface area contributed by atoms with E-state index in [2.05, 4.69) is 36.2 Å². The van der Waals surface area contributed by atoms with E-state index < -0.39 is 0 Å². The van der Waals surface area contributed by atoms with Gasteiger partial charge in [-0.1, -0.05) is 29.8 Å². The number of aromatic amines is 1. The van der Waals surface area contributed by atoms with Crippen molar-refractivity contribution in [3.63, 3.8) is 0 Å². The Hall–Kier alpha value is -3.53. The van der Waals surface area contributed by atoms with Crippen molar-refractivity contribution in [1.29, 1.82) is 0 Å². The Morgan fingerprint density at radius 1 is 0.643 bits per heavy atom. The van der Waals surface area contributed by atoms with Gasteiger partial charge >= 0.3 is 0 Å². The molecule has 0 aliphatic carbocycles. The lowest BCUT2D eigenvalue weighted by Crippen LogP contribution is -1.87. The smallest absolute Gasteiger partial charge is 0.138 e. The van der Waals surface area contributed by atoms with E-state index in [9.17, 15) is 0 Å². The fourth-order valence-electron chi connectivity index (χ4n) is 3.15. The van der Waals surface area contributed by atoms with E-state index in [1.807, 2.05) is 48.5 Å². The zero-order valence-corrected chi connectivity index (χ0v) is 16.2. The molecular weight excluding hydrogens is 348 g/mol. The molecule has 0 aliphatic heterocycles. The van der Waals surface area contributed by atoms with E-state index in [0.29, 0.717) is 0 Å². The fraction of sp³-hybridized carbons (Fsp3) is 0.125. The zero-order valence-electron chi connectivity index (χ0n) is 16.2. The summed E-state index contributed by atoms with van der Waals surface area (Å²) in [7, 11) is 3.34. The number of nitrogens with one attached hydrogen (secondary N) is 1. The van der Waals surface area contributed by atoms with Gasteiger partial charge in [-0.2, -0.15) is 0 Å². The van der Waals surface area contributed by atoms with Gasteiger partial charge in [0.25, 0.3) is 0 Å². The summed E-state index contributed by atoms with van der Waals surface area (Å²) < 4.78 is 10.6. The van der Waals surface area contributed by atoms with Crippen molar-refractivity contribution >= 4 is 0 Å². The lowest BCUT2D eigenvalue weighted by atomic mass is 10.0. The second kappa shape index (κ2) is 7.61. The van der Waals surface area contributed by atoms with E-state index in [4.69, 9.17) is 14.5 Å². The summed E-state index contributed by atoms with van der Waals surface area (Å²) >= 11 is 0. The molecule has 140 valence electrons. The molecule has 4 rings (SSSR count). The van der Waals surface area contributed by atoms with E-state index in [-0.39, 0.29) is 0 Å². The highest BCUT2D eigenvalue weighted by atomic mass is 16.5. The third kappa shape index (κ3) is 3.49. The largest absolute Gasteiger partial charge is 0.497 e. The normalized spacial score (nSPS) is 10.7. The summed E-state index contributed by atoms with van der Waals surface area (Å²) in [5, 5.41) is 0. The van der Waals surface area contributed by atoms with Crippen molar-refractivity contribution in [1.82, 2.24) is 9.97 Å². The molecule has 1 N–H and O–H groups in total. The van der Waals surface area contributed by atoms with Crippen LogP contribution in [0, 0.1) is 6.92 Å². The number of ether oxygens (including phenoxy) is 2. The number of hydrogen-bond donors (Lipinski definition) is 1. The van der Waals surface area contributed by atoms with Crippen LogP contribution in [0.2, 0.25) is 0 Å². The Morgan fingerprint density at radius 2 is 1.14 bits per heavy atom. The molecule has 0 aliphatic rings. The average molecular weight is 370 g/mol. The number of aryl methyl sites for hydroxylation is 1. The van der Waals surface area contributed by atoms with Crippen LogP contribution < -0.4 is 9.47 Å². The summed E-state index contributed by atoms with van der Waals surface area (Å²) in [6, 6.07) is 24.3. The highest BCUT2D eigenvalue weighted by molar-refractivity contribution is 5.81. The van der Waals surface area contributed by atoms with Crippen LogP contribution in [0.4, 0.5) is 0 Å². The number of H-pyrrole nitrogens is 1. The molecule has 28 heavy (non-hydrogen) atoms. The van der Waals surface area contributed by atoms with E-state index >= 15 is 0 Å². The highest BCUT2D eigenvalue weighted by Crippen LogP contribution is 2.34. The average Bonchev–Trinajstić information content (AvgIpc) is 3.20. The summed E-state index contributed by atoms with van der Waals surface area (Å²) in [5.41, 5.74) is 6.24. The molecule has 0 spiro atoms. The van der Waals surface area contributed by atoms with Crippen LogP contribution in [0.15, 0.2) is 72.8 Å². The van der Waals surface area contributed by atoms with Gasteiger partial charge in [0, 0.05) is 16.7 Å². The second-order valence-corrected chi connectivity index (χ2v) is 6.63. The first-order valence-corrected chi connectivity index (χ1v) is 9.14. The summed E-state index contributed by atoms with van der Waals surface area (Å²) in [6.45, 7) is 2.08. The lowest BCUT2D eigenvalue weighted by Gasteiger charge is -2.06. The highest BCUT2D eigenvalue weighted by Gasteiger charge is 2.15. The van der Waals surface area contributed by atoms with Gasteiger partial charge in [-0.25, -0.2) is 4.98 Å². The molecule has 4 aromatic rings. The molecule has 4 heteroatoms. The minimum atomic E-state index is 0.823. The first-order chi connectivity index (χ1) is 13.7. The topological polar surface area (TPSA) is 47.1 Å². The minimum Gasteiger partial charge on any atom is -0.497 e. The Balaban J connectivity index is 1.84. The predicted molar refractivity (Wildman–Crippen MR) is 113 cm³/mol. The van der Waals surface area contributed by atoms with Crippen LogP contribution in [0.3, 0.4) is 0 Å². The molecule has 0 fully saturated rings. The van der Waals surface area contributed by atoms with Crippen LogP contribution in [0.1, 0.15) is 5.56 Å². The monoisotopic (exact) mass is 370 g/mol. The number of nitrogens with zero attached hydrogens (tertiary/aromatic N) is 1. The summed E-state index contributed by atoms with van der Waals surface area (Å²) in [6.07, 6.45) is 0. The number of imidazole rings is 1. The van der Waals surface area contributed by atoms with Crippen LogP contribution in [0.5, 0.6) is 11.5 Å². The second-order valence-electron chi connectivity index (χ2n) is 6.63. The molecular formula is C24H22N2O2. The SMILES string of the molecule is COc1ccc(-c2nc(-c3ccc(C)cc3)[nH]c2-c2ccc(OC)cc2)cc1. The van der Waals surface area contributed by atoms with Gasteiger partial charge < -0.3 is 14.5 Å². The van der Waals surface area contributed by atoms with Gasteiger partial charge in [-0.05, 0) is 55.5 Å². The maximum absolute atomic E-state index is 5.29. The van der Waals surface area contributed by atoms with Gasteiger partial charge in [-0.15, -0.1) is 0 Å². The number of aromatic nitrogens is 2. The Kier molecular flexibility index (Phi) is 4.85. The van der Waals surface area contributed by atoms with Crippen LogP contribution in [-0.4, -0.2) is 24.2 Å². The number of methoxy groups -OCH3 is 2. The molecule has 0 bridgehead atoms. The lowest BCUT2D eigenvalue weighted by molar-refractivity contribution is 0.414. The van der Waals surface area contributed by atoms with Crippen molar-refractivity contribution < 1.29 is 9.47 Å². The molecule has 0 saturated heterocycles.